The molecule has 1 fully saturated rings. The van der Waals surface area contributed by atoms with Crippen LogP contribution in [-0.2, 0) is 32.2 Å². The van der Waals surface area contributed by atoms with Gasteiger partial charge in [0.05, 0.1) is 32.3 Å². The van der Waals surface area contributed by atoms with Crippen LogP contribution in [0.3, 0.4) is 0 Å². The minimum absolute atomic E-state index is 0.113. The highest BCUT2D eigenvalue weighted by Gasteiger charge is 2.31. The molecule has 0 aromatic heterocycles. The standard InChI is InChI=1S/C20H21F3N2O5S/c1-29-17-6-5-16(13-18(17)31(27,28)25-7-9-30-10-8-25)24-19(26)12-14-3-2-4-15(11-14)20(21,22)23/h2-6,11,13H,7-10,12H2,1H3,(H,24,26). The molecule has 3 rings (SSSR count). The maximum atomic E-state index is 13.0. The maximum absolute atomic E-state index is 13.0. The van der Waals surface area contributed by atoms with E-state index in [9.17, 15) is 26.4 Å². The highest BCUT2D eigenvalue weighted by Crippen LogP contribution is 2.31. The first-order valence-electron chi connectivity index (χ1n) is 9.33. The lowest BCUT2D eigenvalue weighted by Crippen LogP contribution is -2.40. The Labute approximate surface area is 177 Å². The van der Waals surface area contributed by atoms with Crippen molar-refractivity contribution in [1.82, 2.24) is 4.31 Å². The molecule has 11 heteroatoms. The molecule has 1 aliphatic rings. The molecule has 2 aromatic rings. The molecule has 7 nitrogen and oxygen atoms in total. The van der Waals surface area contributed by atoms with Crippen molar-refractivity contribution >= 4 is 21.6 Å². The van der Waals surface area contributed by atoms with Crippen LogP contribution < -0.4 is 10.1 Å². The average molecular weight is 458 g/mol. The first-order chi connectivity index (χ1) is 14.6. The summed E-state index contributed by atoms with van der Waals surface area (Å²) in [7, 11) is -2.56. The molecule has 0 bridgehead atoms. The largest absolute Gasteiger partial charge is 0.495 e. The van der Waals surface area contributed by atoms with Crippen LogP contribution in [0.2, 0.25) is 0 Å². The van der Waals surface area contributed by atoms with E-state index < -0.39 is 27.7 Å². The van der Waals surface area contributed by atoms with Gasteiger partial charge in [0, 0.05) is 18.8 Å². The number of hydrogen-bond acceptors (Lipinski definition) is 5. The number of hydrogen-bond donors (Lipinski definition) is 1. The molecule has 0 saturated carbocycles. The molecule has 2 aromatic carbocycles. The van der Waals surface area contributed by atoms with E-state index in [4.69, 9.17) is 9.47 Å². The predicted molar refractivity (Wildman–Crippen MR) is 106 cm³/mol. The van der Waals surface area contributed by atoms with Crippen molar-refractivity contribution in [3.8, 4) is 5.75 Å². The molecule has 168 valence electrons. The van der Waals surface area contributed by atoms with Gasteiger partial charge in [0.15, 0.2) is 0 Å². The van der Waals surface area contributed by atoms with Crippen molar-refractivity contribution in [2.75, 3.05) is 38.7 Å². The molecule has 31 heavy (non-hydrogen) atoms. The van der Waals surface area contributed by atoms with E-state index in [1.807, 2.05) is 0 Å². The van der Waals surface area contributed by atoms with Gasteiger partial charge in [0.25, 0.3) is 0 Å². The van der Waals surface area contributed by atoms with Crippen LogP contribution >= 0.6 is 0 Å². The number of rotatable bonds is 6. The van der Waals surface area contributed by atoms with Crippen LogP contribution in [0.4, 0.5) is 18.9 Å². The average Bonchev–Trinajstić information content (AvgIpc) is 2.74. The Hall–Kier alpha value is -2.63. The molecule has 0 atom stereocenters. The maximum Gasteiger partial charge on any atom is 0.416 e. The Morgan fingerprint density at radius 1 is 1.16 bits per heavy atom. The summed E-state index contributed by atoms with van der Waals surface area (Å²) in [6.45, 7) is 0.930. The second-order valence-corrected chi connectivity index (χ2v) is 8.71. The number of benzene rings is 2. The number of carbonyl (C=O) groups is 1. The zero-order valence-electron chi connectivity index (χ0n) is 16.6. The minimum Gasteiger partial charge on any atom is -0.495 e. The summed E-state index contributed by atoms with van der Waals surface area (Å²) in [5, 5.41) is 2.53. The highest BCUT2D eigenvalue weighted by molar-refractivity contribution is 7.89. The number of ether oxygens (including phenoxy) is 2. The van der Waals surface area contributed by atoms with Crippen LogP contribution in [0, 0.1) is 0 Å². The van der Waals surface area contributed by atoms with Crippen LogP contribution in [0.1, 0.15) is 11.1 Å². The number of nitrogens with one attached hydrogen (secondary N) is 1. The number of carbonyl (C=O) groups excluding carboxylic acids is 1. The number of methoxy groups -OCH3 is 1. The first-order valence-corrected chi connectivity index (χ1v) is 10.8. The molecule has 1 N–H and O–H groups in total. The lowest BCUT2D eigenvalue weighted by atomic mass is 10.1. The zero-order chi connectivity index (χ0) is 22.6. The van der Waals surface area contributed by atoms with Gasteiger partial charge in [-0.1, -0.05) is 18.2 Å². The van der Waals surface area contributed by atoms with Gasteiger partial charge in [-0.05, 0) is 29.8 Å². The Morgan fingerprint density at radius 2 is 1.87 bits per heavy atom. The molecule has 1 aliphatic heterocycles. The van der Waals surface area contributed by atoms with E-state index in [2.05, 4.69) is 5.32 Å². The molecular weight excluding hydrogens is 437 g/mol. The summed E-state index contributed by atoms with van der Waals surface area (Å²) in [5.74, 6) is -0.471. The predicted octanol–water partition coefficient (Wildman–Crippen LogP) is 2.92. The minimum atomic E-state index is -4.51. The van der Waals surface area contributed by atoms with E-state index in [0.717, 1.165) is 12.1 Å². The van der Waals surface area contributed by atoms with Crippen molar-refractivity contribution in [3.63, 3.8) is 0 Å². The Morgan fingerprint density at radius 3 is 2.52 bits per heavy atom. The van der Waals surface area contributed by atoms with Gasteiger partial charge in [-0.2, -0.15) is 17.5 Å². The summed E-state index contributed by atoms with van der Waals surface area (Å²) in [6, 6.07) is 8.61. The lowest BCUT2D eigenvalue weighted by Gasteiger charge is -2.26. The third-order valence-electron chi connectivity index (χ3n) is 4.65. The van der Waals surface area contributed by atoms with E-state index in [1.165, 1.54) is 41.7 Å². The van der Waals surface area contributed by atoms with Crippen molar-refractivity contribution < 1.29 is 35.9 Å². The number of alkyl halides is 3. The molecular formula is C20H21F3N2O5S. The molecule has 0 radical (unpaired) electrons. The molecule has 1 amide bonds. The Kier molecular flexibility index (Phi) is 6.87. The van der Waals surface area contributed by atoms with Gasteiger partial charge < -0.3 is 14.8 Å². The summed E-state index contributed by atoms with van der Waals surface area (Å²) < 4.78 is 76.2. The van der Waals surface area contributed by atoms with Gasteiger partial charge in [-0.15, -0.1) is 0 Å². The summed E-state index contributed by atoms with van der Waals surface area (Å²) >= 11 is 0. The molecule has 0 unspecified atom stereocenters. The van der Waals surface area contributed by atoms with E-state index >= 15 is 0 Å². The SMILES string of the molecule is COc1ccc(NC(=O)Cc2cccc(C(F)(F)F)c2)cc1S(=O)(=O)N1CCOCC1. The summed E-state index contributed by atoms with van der Waals surface area (Å²) in [6.07, 6.45) is -4.81. The zero-order valence-corrected chi connectivity index (χ0v) is 17.4. The van der Waals surface area contributed by atoms with E-state index in [0.29, 0.717) is 0 Å². The fraction of sp³-hybridized carbons (Fsp3) is 0.350. The Balaban J connectivity index is 1.79. The van der Waals surface area contributed by atoms with Crippen molar-refractivity contribution in [2.24, 2.45) is 0 Å². The fourth-order valence-corrected chi connectivity index (χ4v) is 4.72. The van der Waals surface area contributed by atoms with E-state index in [-0.39, 0.29) is 54.6 Å². The third kappa shape index (κ3) is 5.54. The van der Waals surface area contributed by atoms with Crippen molar-refractivity contribution in [2.45, 2.75) is 17.5 Å². The van der Waals surface area contributed by atoms with Crippen LogP contribution in [-0.4, -0.2) is 52.0 Å². The number of anilines is 1. The number of halogens is 3. The van der Waals surface area contributed by atoms with Crippen LogP contribution in [0.5, 0.6) is 5.75 Å². The fourth-order valence-electron chi connectivity index (χ4n) is 3.13. The topological polar surface area (TPSA) is 84.9 Å². The molecule has 0 spiro atoms. The monoisotopic (exact) mass is 458 g/mol. The third-order valence-corrected chi connectivity index (χ3v) is 6.57. The van der Waals surface area contributed by atoms with Crippen LogP contribution in [0.15, 0.2) is 47.4 Å². The first kappa shape index (κ1) is 23.0. The summed E-state index contributed by atoms with van der Waals surface area (Å²) in [5.41, 5.74) is -0.479. The second kappa shape index (κ2) is 9.25. The van der Waals surface area contributed by atoms with Gasteiger partial charge in [-0.25, -0.2) is 8.42 Å². The van der Waals surface area contributed by atoms with Gasteiger partial charge in [0.1, 0.15) is 10.6 Å². The van der Waals surface area contributed by atoms with Crippen LogP contribution in [0.25, 0.3) is 0 Å². The summed E-state index contributed by atoms with van der Waals surface area (Å²) in [4.78, 5) is 12.2. The number of amides is 1. The second-order valence-electron chi connectivity index (χ2n) is 6.81. The molecule has 1 saturated heterocycles. The van der Waals surface area contributed by atoms with E-state index in [1.54, 1.807) is 0 Å². The lowest BCUT2D eigenvalue weighted by molar-refractivity contribution is -0.137. The van der Waals surface area contributed by atoms with Gasteiger partial charge in [-0.3, -0.25) is 4.79 Å². The van der Waals surface area contributed by atoms with Gasteiger partial charge in [0.2, 0.25) is 15.9 Å². The Bertz CT molecular complexity index is 1050. The highest BCUT2D eigenvalue weighted by atomic mass is 32.2. The number of morpholine rings is 1. The normalized spacial score (nSPS) is 15.5. The molecule has 1 heterocycles. The number of sulfonamides is 1. The van der Waals surface area contributed by atoms with Crippen molar-refractivity contribution in [1.29, 1.82) is 0 Å². The van der Waals surface area contributed by atoms with Crippen molar-refractivity contribution in [3.05, 3.63) is 53.6 Å². The smallest absolute Gasteiger partial charge is 0.416 e. The quantitative estimate of drug-likeness (QED) is 0.720. The van der Waals surface area contributed by atoms with Gasteiger partial charge >= 0.3 is 6.18 Å². The number of nitrogens with zero attached hydrogens (tertiary/aromatic N) is 1. The molecule has 0 aliphatic carbocycles.